The zero-order valence-electron chi connectivity index (χ0n) is 23.9. The summed E-state index contributed by atoms with van der Waals surface area (Å²) in [5.74, 6) is -4.51. The number of non-ortho nitro benzene ring substituents is 1. The lowest BCUT2D eigenvalue weighted by molar-refractivity contribution is -0.384. The highest BCUT2D eigenvalue weighted by molar-refractivity contribution is 6.25. The fourth-order valence-corrected chi connectivity index (χ4v) is 7.45. The van der Waals surface area contributed by atoms with Gasteiger partial charge in [0.2, 0.25) is 17.7 Å². The summed E-state index contributed by atoms with van der Waals surface area (Å²) >= 11 is 0. The molecule has 2 bridgehead atoms. The molecule has 1 N–H and O–H groups in total. The van der Waals surface area contributed by atoms with Crippen LogP contribution >= 0.6 is 0 Å². The van der Waals surface area contributed by atoms with Crippen LogP contribution in [-0.2, 0) is 29.3 Å². The first-order chi connectivity index (χ1) is 21.2. The molecule has 5 aliphatic rings. The van der Waals surface area contributed by atoms with Crippen LogP contribution in [0.25, 0.3) is 0 Å². The zero-order chi connectivity index (χ0) is 30.8. The third-order valence-corrected chi connectivity index (χ3v) is 9.14. The quantitative estimate of drug-likeness (QED) is 0.189. The van der Waals surface area contributed by atoms with Crippen LogP contribution in [0.15, 0.2) is 71.8 Å². The topological polar surface area (TPSA) is 150 Å². The van der Waals surface area contributed by atoms with Crippen LogP contribution in [0.4, 0.5) is 11.4 Å². The van der Waals surface area contributed by atoms with Gasteiger partial charge in [0, 0.05) is 18.2 Å². The summed E-state index contributed by atoms with van der Waals surface area (Å²) in [5.41, 5.74) is 4.68. The number of imide groups is 1. The number of hydrogen-bond acceptors (Lipinski definition) is 9. The molecule has 44 heavy (non-hydrogen) atoms. The monoisotopic (exact) mass is 596 g/mol. The van der Waals surface area contributed by atoms with Crippen molar-refractivity contribution in [3.63, 3.8) is 0 Å². The number of amides is 3. The van der Waals surface area contributed by atoms with Crippen LogP contribution in [0.1, 0.15) is 41.5 Å². The number of rotatable bonds is 7. The minimum absolute atomic E-state index is 0.0294. The molecule has 3 aromatic carbocycles. The van der Waals surface area contributed by atoms with Crippen molar-refractivity contribution in [3.8, 4) is 5.75 Å². The molecule has 2 saturated heterocycles. The Morgan fingerprint density at radius 1 is 1.07 bits per heavy atom. The number of ether oxygens (including phenoxy) is 3. The minimum atomic E-state index is -1.21. The molecule has 0 saturated carbocycles. The smallest absolute Gasteiger partial charge is 0.273 e. The first kappa shape index (κ1) is 27.9. The average Bonchev–Trinajstić information content (AvgIpc) is 3.57. The first-order valence-electron chi connectivity index (χ1n) is 14.2. The minimum Gasteiger partial charge on any atom is -0.494 e. The Morgan fingerprint density at radius 2 is 1.70 bits per heavy atom. The van der Waals surface area contributed by atoms with Crippen molar-refractivity contribution in [3.05, 3.63) is 99.1 Å². The van der Waals surface area contributed by atoms with Gasteiger partial charge in [-0.3, -0.25) is 24.5 Å². The number of nitro benzene ring substituents is 1. The maximum atomic E-state index is 14.6. The molecule has 12 nitrogen and oxygen atoms in total. The van der Waals surface area contributed by atoms with Crippen molar-refractivity contribution in [1.29, 1.82) is 0 Å². The molecule has 3 aromatic rings. The van der Waals surface area contributed by atoms with Crippen LogP contribution in [0.2, 0.25) is 0 Å². The van der Waals surface area contributed by atoms with E-state index in [2.05, 4.69) is 10.5 Å². The number of nitrogens with zero attached hydrogens (tertiary/aromatic N) is 3. The number of nitrogens with one attached hydrogen (secondary N) is 1. The molecule has 2 atom stereocenters. The average molecular weight is 597 g/mol. The number of benzene rings is 3. The number of nitro groups is 1. The summed E-state index contributed by atoms with van der Waals surface area (Å²) in [7, 11) is 1.33. The van der Waals surface area contributed by atoms with Crippen molar-refractivity contribution in [2.24, 2.45) is 16.9 Å². The molecule has 3 aliphatic carbocycles. The van der Waals surface area contributed by atoms with Gasteiger partial charge in [-0.15, -0.1) is 0 Å². The van der Waals surface area contributed by atoms with Gasteiger partial charge < -0.3 is 14.2 Å². The number of carbonyl (C=O) groups excluding carboxylic acids is 3. The van der Waals surface area contributed by atoms with E-state index in [1.165, 1.54) is 25.3 Å². The Kier molecular flexibility index (Phi) is 6.38. The molecule has 0 spiro atoms. The second-order valence-corrected chi connectivity index (χ2v) is 11.5. The van der Waals surface area contributed by atoms with Crippen LogP contribution in [0.5, 0.6) is 5.75 Å². The van der Waals surface area contributed by atoms with E-state index >= 15 is 0 Å². The van der Waals surface area contributed by atoms with Crippen molar-refractivity contribution >= 4 is 35.3 Å². The van der Waals surface area contributed by atoms with Gasteiger partial charge in [-0.2, -0.15) is 5.10 Å². The van der Waals surface area contributed by atoms with E-state index in [0.29, 0.717) is 13.2 Å². The standard InChI is InChI=1S/C32H28N4O8/c1-31(43-13-14-44-31)16-25(37)34-33-17-32-21-9-5-3-7-19(21)26(20-8-4-6-10-22(20)32)27-28(32)30(39)35(29(27)38)23-12-11-18(36(40)41)15-24(23)42-2/h3-12,15,17,26-28H,13-14,16H2,1-2H3,(H,34,37)/b33-17+. The number of hydrogen-bond donors (Lipinski definition) is 1. The second-order valence-electron chi connectivity index (χ2n) is 11.5. The Labute approximate surface area is 251 Å². The van der Waals surface area contributed by atoms with Crippen molar-refractivity contribution in [2.75, 3.05) is 25.2 Å². The van der Waals surface area contributed by atoms with Gasteiger partial charge in [0.05, 0.1) is 60.7 Å². The SMILES string of the molecule is COc1cc([N+](=O)[O-])ccc1N1C(=O)C2C3c4ccccc4C(/C=N/NC(=O)CC4(C)OCCO4)(c4ccccc43)C2C1=O. The lowest BCUT2D eigenvalue weighted by Crippen LogP contribution is -2.54. The van der Waals surface area contributed by atoms with Gasteiger partial charge in [-0.05, 0) is 35.2 Å². The predicted molar refractivity (Wildman–Crippen MR) is 156 cm³/mol. The second kappa shape index (κ2) is 10.1. The fraction of sp³-hybridized carbons (Fsp3) is 0.312. The summed E-state index contributed by atoms with van der Waals surface area (Å²) in [4.78, 5) is 53.8. The highest BCUT2D eigenvalue weighted by Gasteiger charge is 2.68. The van der Waals surface area contributed by atoms with Crippen LogP contribution < -0.4 is 15.1 Å². The third-order valence-electron chi connectivity index (χ3n) is 9.14. The van der Waals surface area contributed by atoms with Gasteiger partial charge in [0.15, 0.2) is 5.79 Å². The van der Waals surface area contributed by atoms with Crippen molar-refractivity contribution in [2.45, 2.75) is 30.5 Å². The Hall–Kier alpha value is -4.94. The molecule has 224 valence electrons. The molecule has 2 heterocycles. The van der Waals surface area contributed by atoms with E-state index in [0.717, 1.165) is 27.2 Å². The Morgan fingerprint density at radius 3 is 2.32 bits per heavy atom. The number of methoxy groups -OCH3 is 1. The molecule has 2 fully saturated rings. The van der Waals surface area contributed by atoms with E-state index in [1.54, 1.807) is 13.1 Å². The largest absolute Gasteiger partial charge is 0.494 e. The highest BCUT2D eigenvalue weighted by atomic mass is 16.7. The Bertz CT molecular complexity index is 1720. The summed E-state index contributed by atoms with van der Waals surface area (Å²) in [6, 6.07) is 19.1. The summed E-state index contributed by atoms with van der Waals surface area (Å²) in [6.45, 7) is 2.46. The van der Waals surface area contributed by atoms with E-state index in [-0.39, 0.29) is 23.5 Å². The predicted octanol–water partition coefficient (Wildman–Crippen LogP) is 3.41. The van der Waals surface area contributed by atoms with Crippen molar-refractivity contribution < 1.29 is 33.5 Å². The molecule has 8 rings (SSSR count). The van der Waals surface area contributed by atoms with Crippen LogP contribution in [-0.4, -0.2) is 55.0 Å². The molecular formula is C32H28N4O8. The van der Waals surface area contributed by atoms with Crippen LogP contribution in [0.3, 0.4) is 0 Å². The van der Waals surface area contributed by atoms with Gasteiger partial charge in [0.1, 0.15) is 5.75 Å². The highest BCUT2D eigenvalue weighted by Crippen LogP contribution is 2.64. The molecule has 0 aromatic heterocycles. The van der Waals surface area contributed by atoms with Gasteiger partial charge in [-0.1, -0.05) is 48.5 Å². The maximum Gasteiger partial charge on any atom is 0.273 e. The maximum absolute atomic E-state index is 14.6. The molecule has 12 heteroatoms. The Balaban J connectivity index is 1.36. The van der Waals surface area contributed by atoms with Crippen LogP contribution in [0, 0.1) is 22.0 Å². The molecule has 3 amide bonds. The number of anilines is 1. The first-order valence-corrected chi connectivity index (χ1v) is 14.2. The zero-order valence-corrected chi connectivity index (χ0v) is 23.9. The summed E-state index contributed by atoms with van der Waals surface area (Å²) in [6.07, 6.45) is 1.49. The third kappa shape index (κ3) is 3.91. The van der Waals surface area contributed by atoms with Crippen molar-refractivity contribution in [1.82, 2.24) is 5.43 Å². The molecular weight excluding hydrogens is 568 g/mol. The van der Waals surface area contributed by atoms with Gasteiger partial charge in [0.25, 0.3) is 5.69 Å². The van der Waals surface area contributed by atoms with E-state index in [1.807, 2.05) is 48.5 Å². The number of hydrazone groups is 1. The van der Waals surface area contributed by atoms with Gasteiger partial charge in [-0.25, -0.2) is 10.3 Å². The van der Waals surface area contributed by atoms with E-state index < -0.39 is 51.6 Å². The molecule has 0 radical (unpaired) electrons. The normalized spacial score (nSPS) is 26.0. The fourth-order valence-electron chi connectivity index (χ4n) is 7.45. The molecule has 2 unspecified atom stereocenters. The van der Waals surface area contributed by atoms with E-state index in [9.17, 15) is 24.5 Å². The van der Waals surface area contributed by atoms with Gasteiger partial charge >= 0.3 is 0 Å². The van der Waals surface area contributed by atoms with E-state index in [4.69, 9.17) is 14.2 Å². The summed E-state index contributed by atoms with van der Waals surface area (Å²) in [5, 5.41) is 15.8. The lowest BCUT2D eigenvalue weighted by Gasteiger charge is -2.52. The number of carbonyl (C=O) groups is 3. The summed E-state index contributed by atoms with van der Waals surface area (Å²) < 4.78 is 16.5. The lowest BCUT2D eigenvalue weighted by atomic mass is 9.47. The molecule has 2 aliphatic heterocycles.